The van der Waals surface area contributed by atoms with Gasteiger partial charge < -0.3 is 10.1 Å². The van der Waals surface area contributed by atoms with E-state index >= 15 is 0 Å². The zero-order valence-corrected chi connectivity index (χ0v) is 13.5. The quantitative estimate of drug-likeness (QED) is 0.870. The van der Waals surface area contributed by atoms with E-state index in [0.717, 1.165) is 29.6 Å². The Balaban J connectivity index is 2.12. The highest BCUT2D eigenvalue weighted by atomic mass is 16.5. The summed E-state index contributed by atoms with van der Waals surface area (Å²) >= 11 is 0. The molecule has 0 radical (unpaired) electrons. The number of nitrogens with zero attached hydrogens (tertiary/aromatic N) is 1. The first-order valence-electron chi connectivity index (χ1n) is 7.72. The van der Waals surface area contributed by atoms with Crippen molar-refractivity contribution in [3.8, 4) is 5.75 Å². The van der Waals surface area contributed by atoms with Gasteiger partial charge in [-0.3, -0.25) is 4.98 Å². The van der Waals surface area contributed by atoms with Crippen molar-refractivity contribution in [2.45, 2.75) is 40.2 Å². The number of nitrogens with one attached hydrogen (secondary N) is 1. The molecule has 0 amide bonds. The third-order valence-electron chi connectivity index (χ3n) is 3.69. The van der Waals surface area contributed by atoms with Gasteiger partial charge >= 0.3 is 0 Å². The number of fused-ring (bicyclic) bond motifs is 1. The molecule has 0 spiro atoms. The molecule has 1 N–H and O–H groups in total. The van der Waals surface area contributed by atoms with Crippen LogP contribution in [0.15, 0.2) is 36.5 Å². The maximum absolute atomic E-state index is 6.08. The molecular weight excluding hydrogens is 260 g/mol. The molecule has 1 heterocycles. The molecule has 1 unspecified atom stereocenters. The van der Waals surface area contributed by atoms with Crippen LogP contribution in [-0.2, 0) is 0 Å². The van der Waals surface area contributed by atoms with Gasteiger partial charge in [0, 0.05) is 17.6 Å². The molecule has 3 nitrogen and oxygen atoms in total. The van der Waals surface area contributed by atoms with E-state index in [1.165, 1.54) is 0 Å². The van der Waals surface area contributed by atoms with Crippen LogP contribution in [0.25, 0.3) is 10.9 Å². The first-order valence-corrected chi connectivity index (χ1v) is 7.72. The summed E-state index contributed by atoms with van der Waals surface area (Å²) in [6.45, 7) is 10.6. The summed E-state index contributed by atoms with van der Waals surface area (Å²) in [6.07, 6.45) is 2.94. The molecule has 1 atom stereocenters. The van der Waals surface area contributed by atoms with E-state index in [9.17, 15) is 0 Å². The van der Waals surface area contributed by atoms with Gasteiger partial charge in [0.15, 0.2) is 0 Å². The number of ether oxygens (including phenoxy) is 1. The molecule has 0 aliphatic heterocycles. The summed E-state index contributed by atoms with van der Waals surface area (Å²) in [5.74, 6) is 0.862. The molecule has 2 rings (SSSR count). The minimum absolute atomic E-state index is 0.160. The van der Waals surface area contributed by atoms with Crippen molar-refractivity contribution in [3.05, 3.63) is 36.5 Å². The van der Waals surface area contributed by atoms with E-state index in [4.69, 9.17) is 4.74 Å². The second-order valence-electron chi connectivity index (χ2n) is 6.52. The molecule has 1 aromatic heterocycles. The summed E-state index contributed by atoms with van der Waals surface area (Å²) < 4.78 is 6.08. The number of aromatic nitrogens is 1. The minimum atomic E-state index is 0.160. The molecule has 0 bridgehead atoms. The molecule has 2 aromatic rings. The second-order valence-corrected chi connectivity index (χ2v) is 6.52. The monoisotopic (exact) mass is 286 g/mol. The van der Waals surface area contributed by atoms with Gasteiger partial charge in [0.1, 0.15) is 17.9 Å². The zero-order valence-electron chi connectivity index (χ0n) is 13.5. The van der Waals surface area contributed by atoms with Crippen molar-refractivity contribution >= 4 is 10.9 Å². The molecule has 0 saturated heterocycles. The van der Waals surface area contributed by atoms with E-state index in [1.807, 2.05) is 24.4 Å². The Morgan fingerprint density at radius 1 is 1.19 bits per heavy atom. The lowest BCUT2D eigenvalue weighted by molar-refractivity contribution is 0.175. The van der Waals surface area contributed by atoms with Gasteiger partial charge in [-0.25, -0.2) is 0 Å². The molecule has 1 aromatic carbocycles. The number of rotatable bonds is 6. The Morgan fingerprint density at radius 3 is 2.67 bits per heavy atom. The Labute approximate surface area is 127 Å². The van der Waals surface area contributed by atoms with E-state index in [1.54, 1.807) is 0 Å². The van der Waals surface area contributed by atoms with Crippen molar-refractivity contribution in [1.29, 1.82) is 0 Å². The number of para-hydroxylation sites is 1. The Kier molecular flexibility index (Phi) is 5.18. The van der Waals surface area contributed by atoms with Crippen LogP contribution in [0.3, 0.4) is 0 Å². The Bertz CT molecular complexity index is 569. The summed E-state index contributed by atoms with van der Waals surface area (Å²) in [5.41, 5.74) is 1.09. The van der Waals surface area contributed by atoms with Crippen LogP contribution >= 0.6 is 0 Å². The van der Waals surface area contributed by atoms with E-state index in [-0.39, 0.29) is 5.41 Å². The normalized spacial score (nSPS) is 13.3. The number of hydrogen-bond acceptors (Lipinski definition) is 3. The second kappa shape index (κ2) is 6.90. The largest absolute Gasteiger partial charge is 0.490 e. The van der Waals surface area contributed by atoms with Gasteiger partial charge in [0.25, 0.3) is 0 Å². The highest BCUT2D eigenvalue weighted by molar-refractivity contribution is 5.84. The first kappa shape index (κ1) is 15.8. The lowest BCUT2D eigenvalue weighted by atomic mass is 9.87. The summed E-state index contributed by atoms with van der Waals surface area (Å²) in [6, 6.07) is 10.4. The number of pyridine rings is 1. The molecule has 3 heteroatoms. The van der Waals surface area contributed by atoms with E-state index < -0.39 is 0 Å². The van der Waals surface area contributed by atoms with Crippen LogP contribution in [0.1, 0.15) is 34.1 Å². The molecule has 0 saturated carbocycles. The number of hydrogen-bond donors (Lipinski definition) is 1. The van der Waals surface area contributed by atoms with Gasteiger partial charge in [0.05, 0.1) is 0 Å². The fourth-order valence-electron chi connectivity index (χ4n) is 2.30. The maximum atomic E-state index is 6.08. The standard InChI is InChI=1S/C18H26N2O/c1-5-11-19-16(18(2,3)4)13-21-15-10-6-8-14-9-7-12-20-17(14)15/h6-10,12,16,19H,5,11,13H2,1-4H3. The highest BCUT2D eigenvalue weighted by Gasteiger charge is 2.24. The highest BCUT2D eigenvalue weighted by Crippen LogP contribution is 2.25. The maximum Gasteiger partial charge on any atom is 0.145 e. The average molecular weight is 286 g/mol. The van der Waals surface area contributed by atoms with Crippen LogP contribution < -0.4 is 10.1 Å². The van der Waals surface area contributed by atoms with Crippen LogP contribution in [0.2, 0.25) is 0 Å². The topological polar surface area (TPSA) is 34.1 Å². The molecule has 21 heavy (non-hydrogen) atoms. The van der Waals surface area contributed by atoms with Crippen molar-refractivity contribution in [2.75, 3.05) is 13.2 Å². The predicted octanol–water partition coefficient (Wildman–Crippen LogP) is 4.03. The lowest BCUT2D eigenvalue weighted by Gasteiger charge is -2.31. The summed E-state index contributed by atoms with van der Waals surface area (Å²) in [5, 5.41) is 4.70. The summed E-state index contributed by atoms with van der Waals surface area (Å²) in [4.78, 5) is 4.44. The molecule has 114 valence electrons. The molecule has 0 aliphatic rings. The Morgan fingerprint density at radius 2 is 1.95 bits per heavy atom. The predicted molar refractivity (Wildman–Crippen MR) is 88.8 cm³/mol. The number of benzene rings is 1. The molecular formula is C18H26N2O. The summed E-state index contributed by atoms with van der Waals surface area (Å²) in [7, 11) is 0. The first-order chi connectivity index (χ1) is 10.0. The lowest BCUT2D eigenvalue weighted by Crippen LogP contribution is -2.45. The van der Waals surface area contributed by atoms with Crippen LogP contribution in [0.4, 0.5) is 0 Å². The van der Waals surface area contributed by atoms with Crippen LogP contribution in [0, 0.1) is 5.41 Å². The van der Waals surface area contributed by atoms with Crippen molar-refractivity contribution in [3.63, 3.8) is 0 Å². The minimum Gasteiger partial charge on any atom is -0.490 e. The molecule has 0 fully saturated rings. The van der Waals surface area contributed by atoms with Gasteiger partial charge in [0.2, 0.25) is 0 Å². The zero-order chi connectivity index (χ0) is 15.3. The average Bonchev–Trinajstić information content (AvgIpc) is 2.46. The van der Waals surface area contributed by atoms with Gasteiger partial charge in [-0.1, -0.05) is 45.9 Å². The third-order valence-corrected chi connectivity index (χ3v) is 3.69. The SMILES string of the molecule is CCCNC(COc1cccc2cccnc12)C(C)(C)C. The van der Waals surface area contributed by atoms with Crippen LogP contribution in [-0.4, -0.2) is 24.2 Å². The smallest absolute Gasteiger partial charge is 0.145 e. The Hall–Kier alpha value is -1.61. The van der Waals surface area contributed by atoms with E-state index in [0.29, 0.717) is 12.6 Å². The third kappa shape index (κ3) is 4.18. The van der Waals surface area contributed by atoms with Gasteiger partial charge in [-0.05, 0) is 30.5 Å². The molecule has 0 aliphatic carbocycles. The van der Waals surface area contributed by atoms with Crippen molar-refractivity contribution in [2.24, 2.45) is 5.41 Å². The van der Waals surface area contributed by atoms with Crippen molar-refractivity contribution < 1.29 is 4.74 Å². The fourth-order valence-corrected chi connectivity index (χ4v) is 2.30. The van der Waals surface area contributed by atoms with Gasteiger partial charge in [-0.15, -0.1) is 0 Å². The van der Waals surface area contributed by atoms with Crippen LogP contribution in [0.5, 0.6) is 5.75 Å². The van der Waals surface area contributed by atoms with Gasteiger partial charge in [-0.2, -0.15) is 0 Å². The van der Waals surface area contributed by atoms with Crippen molar-refractivity contribution in [1.82, 2.24) is 10.3 Å². The fraction of sp³-hybridized carbons (Fsp3) is 0.500. The van der Waals surface area contributed by atoms with E-state index in [2.05, 4.69) is 50.1 Å².